The van der Waals surface area contributed by atoms with Crippen molar-refractivity contribution in [3.8, 4) is 0 Å². The monoisotopic (exact) mass is 274 g/mol. The van der Waals surface area contributed by atoms with Gasteiger partial charge in [-0.1, -0.05) is 18.2 Å². The van der Waals surface area contributed by atoms with Gasteiger partial charge in [0.15, 0.2) is 0 Å². The first-order valence-corrected chi connectivity index (χ1v) is 6.92. The second-order valence-electron chi connectivity index (χ2n) is 5.59. The van der Waals surface area contributed by atoms with E-state index in [9.17, 15) is 9.90 Å². The first-order valence-electron chi connectivity index (χ1n) is 6.92. The molecule has 0 saturated carbocycles. The van der Waals surface area contributed by atoms with Crippen LogP contribution in [0.5, 0.6) is 0 Å². The van der Waals surface area contributed by atoms with E-state index in [1.54, 1.807) is 21.5 Å². The Bertz CT molecular complexity index is 653. The molecule has 1 aromatic carbocycles. The van der Waals surface area contributed by atoms with Crippen LogP contribution in [0, 0.1) is 13.8 Å². The molecule has 1 heterocycles. The van der Waals surface area contributed by atoms with Crippen molar-refractivity contribution in [2.45, 2.75) is 46.4 Å². The zero-order chi connectivity index (χ0) is 14.9. The molecule has 108 valence electrons. The van der Waals surface area contributed by atoms with Crippen LogP contribution < -0.4 is 5.69 Å². The lowest BCUT2D eigenvalue weighted by atomic mass is 10.0. The van der Waals surface area contributed by atoms with Gasteiger partial charge in [-0.3, -0.25) is 9.13 Å². The average molecular weight is 274 g/mol. The third-order valence-corrected chi connectivity index (χ3v) is 3.72. The summed E-state index contributed by atoms with van der Waals surface area (Å²) in [7, 11) is 0. The molecule has 0 aliphatic carbocycles. The van der Waals surface area contributed by atoms with E-state index >= 15 is 0 Å². The van der Waals surface area contributed by atoms with E-state index in [4.69, 9.17) is 0 Å². The van der Waals surface area contributed by atoms with Gasteiger partial charge in [0.1, 0.15) is 0 Å². The highest BCUT2D eigenvalue weighted by Crippen LogP contribution is 2.18. The summed E-state index contributed by atoms with van der Waals surface area (Å²) in [5, 5.41) is 10.3. The van der Waals surface area contributed by atoms with E-state index in [1.807, 2.05) is 45.9 Å². The van der Waals surface area contributed by atoms with Gasteiger partial charge in [-0.15, -0.1) is 0 Å². The highest BCUT2D eigenvalue weighted by atomic mass is 16.3. The molecule has 0 amide bonds. The molecule has 4 heteroatoms. The minimum atomic E-state index is -0.671. The number of aliphatic hydroxyl groups excluding tert-OH is 1. The first kappa shape index (κ1) is 14.6. The van der Waals surface area contributed by atoms with Crippen molar-refractivity contribution >= 4 is 0 Å². The molecule has 0 spiro atoms. The lowest BCUT2D eigenvalue weighted by Crippen LogP contribution is -2.27. The highest BCUT2D eigenvalue weighted by molar-refractivity contribution is 5.31. The molecule has 0 aliphatic heterocycles. The predicted molar refractivity (Wildman–Crippen MR) is 80.0 cm³/mol. The Morgan fingerprint density at radius 3 is 2.40 bits per heavy atom. The van der Waals surface area contributed by atoms with Gasteiger partial charge < -0.3 is 5.11 Å². The second kappa shape index (κ2) is 5.67. The molecular formula is C16H22N2O2. The number of aryl methyl sites for hydroxylation is 2. The summed E-state index contributed by atoms with van der Waals surface area (Å²) in [4.78, 5) is 12.1. The van der Waals surface area contributed by atoms with Gasteiger partial charge >= 0.3 is 5.69 Å². The van der Waals surface area contributed by atoms with Gasteiger partial charge in [0.25, 0.3) is 0 Å². The van der Waals surface area contributed by atoms with Crippen molar-refractivity contribution in [3.05, 3.63) is 57.8 Å². The number of aromatic nitrogens is 2. The fraction of sp³-hybridized carbons (Fsp3) is 0.438. The molecule has 0 bridgehead atoms. The van der Waals surface area contributed by atoms with Crippen molar-refractivity contribution in [2.75, 3.05) is 0 Å². The molecule has 1 atom stereocenters. The molecule has 1 unspecified atom stereocenters. The van der Waals surface area contributed by atoms with Crippen molar-refractivity contribution < 1.29 is 5.11 Å². The van der Waals surface area contributed by atoms with Gasteiger partial charge in [-0.25, -0.2) is 4.79 Å². The summed E-state index contributed by atoms with van der Waals surface area (Å²) in [6.07, 6.45) is 2.82. The van der Waals surface area contributed by atoms with Crippen LogP contribution in [-0.2, 0) is 6.54 Å². The maximum Gasteiger partial charge on any atom is 0.328 e. The molecule has 0 fully saturated rings. The standard InChI is InChI=1S/C16H22N2O2/c1-11(2)18-8-7-17(16(18)20)10-15(19)14-6-5-12(3)13(4)9-14/h5-9,11,15,19H,10H2,1-4H3. The topological polar surface area (TPSA) is 47.2 Å². The number of aliphatic hydroxyl groups is 1. The summed E-state index contributed by atoms with van der Waals surface area (Å²) >= 11 is 0. The SMILES string of the molecule is Cc1ccc(C(O)Cn2ccn(C(C)C)c2=O)cc1C. The Morgan fingerprint density at radius 2 is 1.85 bits per heavy atom. The molecule has 0 saturated heterocycles. The van der Waals surface area contributed by atoms with Crippen LogP contribution in [0.2, 0.25) is 0 Å². The Balaban J connectivity index is 2.21. The van der Waals surface area contributed by atoms with Crippen molar-refractivity contribution in [2.24, 2.45) is 0 Å². The molecule has 2 aromatic rings. The normalized spacial score (nSPS) is 12.9. The zero-order valence-corrected chi connectivity index (χ0v) is 12.5. The molecule has 20 heavy (non-hydrogen) atoms. The van der Waals surface area contributed by atoms with Crippen LogP contribution in [0.15, 0.2) is 35.4 Å². The van der Waals surface area contributed by atoms with E-state index in [0.717, 1.165) is 11.1 Å². The maximum absolute atomic E-state index is 12.1. The fourth-order valence-electron chi connectivity index (χ4n) is 2.22. The summed E-state index contributed by atoms with van der Waals surface area (Å²) in [6.45, 7) is 8.27. The van der Waals surface area contributed by atoms with Gasteiger partial charge in [0.2, 0.25) is 0 Å². The van der Waals surface area contributed by atoms with Gasteiger partial charge in [-0.2, -0.15) is 0 Å². The van der Waals surface area contributed by atoms with Crippen molar-refractivity contribution in [1.29, 1.82) is 0 Å². The Labute approximate surface area is 119 Å². The van der Waals surface area contributed by atoms with Gasteiger partial charge in [0.05, 0.1) is 12.6 Å². The lowest BCUT2D eigenvalue weighted by Gasteiger charge is -2.13. The van der Waals surface area contributed by atoms with E-state index < -0.39 is 6.10 Å². The average Bonchev–Trinajstić information content (AvgIpc) is 2.74. The van der Waals surface area contributed by atoms with Crippen LogP contribution >= 0.6 is 0 Å². The summed E-state index contributed by atoms with van der Waals surface area (Å²) in [5.41, 5.74) is 3.11. The second-order valence-corrected chi connectivity index (χ2v) is 5.59. The van der Waals surface area contributed by atoms with E-state index in [1.165, 1.54) is 5.56 Å². The molecule has 1 aromatic heterocycles. The zero-order valence-electron chi connectivity index (χ0n) is 12.5. The van der Waals surface area contributed by atoms with Crippen molar-refractivity contribution in [3.63, 3.8) is 0 Å². The van der Waals surface area contributed by atoms with Crippen LogP contribution in [0.3, 0.4) is 0 Å². The molecule has 1 N–H and O–H groups in total. The van der Waals surface area contributed by atoms with Crippen LogP contribution in [-0.4, -0.2) is 14.2 Å². The number of rotatable bonds is 4. The minimum Gasteiger partial charge on any atom is -0.387 e. The number of hydrogen-bond donors (Lipinski definition) is 1. The third kappa shape index (κ3) is 2.85. The highest BCUT2D eigenvalue weighted by Gasteiger charge is 2.12. The first-order chi connectivity index (χ1) is 9.40. The number of imidazole rings is 1. The largest absolute Gasteiger partial charge is 0.387 e. The third-order valence-electron chi connectivity index (χ3n) is 3.72. The summed E-state index contributed by atoms with van der Waals surface area (Å²) in [5.74, 6) is 0. The molecular weight excluding hydrogens is 252 g/mol. The van der Waals surface area contributed by atoms with Gasteiger partial charge in [0, 0.05) is 18.4 Å². The molecule has 4 nitrogen and oxygen atoms in total. The number of benzene rings is 1. The Morgan fingerprint density at radius 1 is 1.15 bits per heavy atom. The van der Waals surface area contributed by atoms with Crippen LogP contribution in [0.4, 0.5) is 0 Å². The Hall–Kier alpha value is -1.81. The number of hydrogen-bond acceptors (Lipinski definition) is 2. The Kier molecular flexibility index (Phi) is 4.14. The van der Waals surface area contributed by atoms with E-state index in [-0.39, 0.29) is 18.3 Å². The smallest absolute Gasteiger partial charge is 0.328 e. The summed E-state index contributed by atoms with van der Waals surface area (Å²) < 4.78 is 3.22. The van der Waals surface area contributed by atoms with E-state index in [0.29, 0.717) is 0 Å². The van der Waals surface area contributed by atoms with Crippen LogP contribution in [0.25, 0.3) is 0 Å². The van der Waals surface area contributed by atoms with Gasteiger partial charge in [-0.05, 0) is 44.4 Å². The van der Waals surface area contributed by atoms with E-state index in [2.05, 4.69) is 0 Å². The quantitative estimate of drug-likeness (QED) is 0.931. The maximum atomic E-state index is 12.1. The summed E-state index contributed by atoms with van der Waals surface area (Å²) in [6, 6.07) is 6.01. The number of nitrogens with zero attached hydrogens (tertiary/aromatic N) is 2. The fourth-order valence-corrected chi connectivity index (χ4v) is 2.22. The lowest BCUT2D eigenvalue weighted by molar-refractivity contribution is 0.154. The minimum absolute atomic E-state index is 0.0807. The predicted octanol–water partition coefficient (Wildman–Crippen LogP) is 2.58. The molecule has 2 rings (SSSR count). The molecule has 0 radical (unpaired) electrons. The van der Waals surface area contributed by atoms with Crippen molar-refractivity contribution in [1.82, 2.24) is 9.13 Å². The molecule has 0 aliphatic rings. The van der Waals surface area contributed by atoms with Crippen LogP contribution in [0.1, 0.15) is 42.7 Å².